The van der Waals surface area contributed by atoms with E-state index in [2.05, 4.69) is 10.3 Å². The molecule has 0 atom stereocenters. The fourth-order valence-electron chi connectivity index (χ4n) is 2.73. The molecule has 0 fully saturated rings. The Hall–Kier alpha value is -2.46. The first-order valence-corrected chi connectivity index (χ1v) is 11.0. The van der Waals surface area contributed by atoms with Gasteiger partial charge in [-0.1, -0.05) is 17.8 Å². The number of aromatic nitrogens is 2. The molecule has 0 bridgehead atoms. The lowest BCUT2D eigenvalue weighted by Crippen LogP contribution is -2.32. The molecule has 1 aromatic heterocycles. The zero-order valence-electron chi connectivity index (χ0n) is 16.1. The number of ether oxygens (including phenoxy) is 2. The number of hydrogen-bond acceptors (Lipinski definition) is 8. The Morgan fingerprint density at radius 2 is 2.21 bits per heavy atom. The van der Waals surface area contributed by atoms with E-state index in [1.54, 1.807) is 38.3 Å². The van der Waals surface area contributed by atoms with Gasteiger partial charge >= 0.3 is 5.97 Å². The quantitative estimate of drug-likeness (QED) is 0.380. The molecule has 1 amide bonds. The van der Waals surface area contributed by atoms with Crippen LogP contribution in [0.1, 0.15) is 12.6 Å². The van der Waals surface area contributed by atoms with E-state index in [9.17, 15) is 14.4 Å². The zero-order chi connectivity index (χ0) is 20.8. The Morgan fingerprint density at radius 1 is 1.38 bits per heavy atom. The van der Waals surface area contributed by atoms with Crippen LogP contribution >= 0.6 is 23.5 Å². The van der Waals surface area contributed by atoms with E-state index in [1.165, 1.54) is 16.3 Å². The van der Waals surface area contributed by atoms with Crippen LogP contribution in [0.25, 0.3) is 5.69 Å². The number of nitrogens with zero attached hydrogens (tertiary/aromatic N) is 2. The highest BCUT2D eigenvalue weighted by Gasteiger charge is 2.23. The summed E-state index contributed by atoms with van der Waals surface area (Å²) in [5.41, 5.74) is 1.22. The van der Waals surface area contributed by atoms with Crippen molar-refractivity contribution in [3.05, 3.63) is 40.3 Å². The Kier molecular flexibility index (Phi) is 7.21. The van der Waals surface area contributed by atoms with E-state index in [0.717, 1.165) is 29.6 Å². The van der Waals surface area contributed by atoms with Gasteiger partial charge in [-0.25, -0.2) is 4.98 Å². The number of esters is 1. The monoisotopic (exact) mass is 435 g/mol. The summed E-state index contributed by atoms with van der Waals surface area (Å²) in [6.45, 7) is 1.77. The van der Waals surface area contributed by atoms with Crippen LogP contribution in [0, 0.1) is 0 Å². The number of carbonyl (C=O) groups excluding carboxylic acids is 2. The minimum atomic E-state index is -0.494. The molecule has 1 N–H and O–H groups in total. The highest BCUT2D eigenvalue weighted by molar-refractivity contribution is 8.00. The van der Waals surface area contributed by atoms with Gasteiger partial charge in [-0.05, 0) is 19.1 Å². The summed E-state index contributed by atoms with van der Waals surface area (Å²) >= 11 is 2.64. The number of amides is 1. The average molecular weight is 436 g/mol. The van der Waals surface area contributed by atoms with E-state index in [4.69, 9.17) is 9.47 Å². The number of thioether (sulfide) groups is 2. The molecule has 0 aliphatic carbocycles. The molecular weight excluding hydrogens is 414 g/mol. The maximum Gasteiger partial charge on any atom is 0.325 e. The first kappa shape index (κ1) is 21.3. The second-order valence-electron chi connectivity index (χ2n) is 5.98. The summed E-state index contributed by atoms with van der Waals surface area (Å²) in [5, 5.41) is 2.93. The number of hydrogen-bond donors (Lipinski definition) is 1. The maximum absolute atomic E-state index is 13.1. The molecule has 1 aliphatic heterocycles. The number of rotatable bonds is 8. The highest BCUT2D eigenvalue weighted by atomic mass is 32.2. The van der Waals surface area contributed by atoms with E-state index >= 15 is 0 Å². The lowest BCUT2D eigenvalue weighted by Gasteiger charge is -2.14. The van der Waals surface area contributed by atoms with E-state index in [1.807, 2.05) is 0 Å². The first-order valence-electron chi connectivity index (χ1n) is 9.01. The van der Waals surface area contributed by atoms with Gasteiger partial charge in [0.1, 0.15) is 12.3 Å². The largest absolute Gasteiger partial charge is 0.497 e. The standard InChI is InChI=1S/C19H21N3O5S2/c1-3-27-16(24)10-20-15(23)11-29-19-21-14-7-8-28-17(14)18(25)22(19)12-5-4-6-13(9-12)26-2/h4-6,9H,3,7-8,10-11H2,1-2H3,(H,20,23). The number of methoxy groups -OCH3 is 1. The molecule has 0 radical (unpaired) electrons. The number of benzene rings is 1. The van der Waals surface area contributed by atoms with Crippen molar-refractivity contribution in [1.82, 2.24) is 14.9 Å². The van der Waals surface area contributed by atoms with Crippen LogP contribution in [-0.4, -0.2) is 53.2 Å². The van der Waals surface area contributed by atoms with E-state index in [0.29, 0.717) is 21.5 Å². The van der Waals surface area contributed by atoms with Gasteiger partial charge in [0.05, 0.1) is 35.7 Å². The third kappa shape index (κ3) is 5.13. The molecule has 1 aromatic carbocycles. The highest BCUT2D eigenvalue weighted by Crippen LogP contribution is 2.30. The van der Waals surface area contributed by atoms with Crippen LogP contribution in [-0.2, 0) is 20.7 Å². The van der Waals surface area contributed by atoms with Gasteiger partial charge in [-0.15, -0.1) is 11.8 Å². The fourth-order valence-corrected chi connectivity index (χ4v) is 4.61. The van der Waals surface area contributed by atoms with Crippen molar-refractivity contribution in [3.8, 4) is 11.4 Å². The lowest BCUT2D eigenvalue weighted by molar-refractivity contribution is -0.143. The van der Waals surface area contributed by atoms with Crippen molar-refractivity contribution in [2.75, 3.05) is 31.8 Å². The maximum atomic E-state index is 13.1. The minimum Gasteiger partial charge on any atom is -0.497 e. The Bertz CT molecular complexity index is 977. The van der Waals surface area contributed by atoms with Gasteiger partial charge in [0, 0.05) is 18.2 Å². The third-order valence-electron chi connectivity index (χ3n) is 4.05. The molecule has 2 heterocycles. The Balaban J connectivity index is 1.84. The number of carbonyl (C=O) groups is 2. The molecule has 1 aliphatic rings. The van der Waals surface area contributed by atoms with Crippen molar-refractivity contribution in [3.63, 3.8) is 0 Å². The summed E-state index contributed by atoms with van der Waals surface area (Å²) in [7, 11) is 1.56. The number of nitrogens with one attached hydrogen (secondary N) is 1. The predicted octanol–water partition coefficient (Wildman–Crippen LogP) is 1.66. The number of fused-ring (bicyclic) bond motifs is 1. The molecule has 0 unspecified atom stereocenters. The topological polar surface area (TPSA) is 99.5 Å². The van der Waals surface area contributed by atoms with Crippen molar-refractivity contribution in [1.29, 1.82) is 0 Å². The van der Waals surface area contributed by atoms with Gasteiger partial charge < -0.3 is 14.8 Å². The average Bonchev–Trinajstić information content (AvgIpc) is 3.20. The van der Waals surface area contributed by atoms with Gasteiger partial charge in [0.2, 0.25) is 5.91 Å². The van der Waals surface area contributed by atoms with Crippen LogP contribution in [0.15, 0.2) is 39.1 Å². The third-order valence-corrected chi connectivity index (χ3v) is 6.09. The molecule has 10 heteroatoms. The smallest absolute Gasteiger partial charge is 0.325 e. The van der Waals surface area contributed by atoms with Gasteiger partial charge in [-0.3, -0.25) is 19.0 Å². The van der Waals surface area contributed by atoms with Crippen LogP contribution in [0.3, 0.4) is 0 Å². The Labute approximate surface area is 176 Å². The van der Waals surface area contributed by atoms with Crippen LogP contribution < -0.4 is 15.6 Å². The molecule has 0 saturated heterocycles. The van der Waals surface area contributed by atoms with Crippen molar-refractivity contribution in [2.24, 2.45) is 0 Å². The molecule has 0 spiro atoms. The number of aryl methyl sites for hydroxylation is 1. The molecule has 3 rings (SSSR count). The second-order valence-corrected chi connectivity index (χ2v) is 8.03. The zero-order valence-corrected chi connectivity index (χ0v) is 17.7. The Morgan fingerprint density at radius 3 is 2.97 bits per heavy atom. The van der Waals surface area contributed by atoms with Crippen LogP contribution in [0.4, 0.5) is 0 Å². The molecule has 0 saturated carbocycles. The van der Waals surface area contributed by atoms with Crippen molar-refractivity contribution in [2.45, 2.75) is 23.4 Å². The van der Waals surface area contributed by atoms with E-state index < -0.39 is 5.97 Å². The normalized spacial score (nSPS) is 12.3. The minimum absolute atomic E-state index is 0.0156. The molecule has 154 valence electrons. The summed E-state index contributed by atoms with van der Waals surface area (Å²) in [6.07, 6.45) is 0.719. The fraction of sp³-hybridized carbons (Fsp3) is 0.368. The van der Waals surface area contributed by atoms with Crippen molar-refractivity contribution < 1.29 is 19.1 Å². The molecule has 8 nitrogen and oxygen atoms in total. The summed E-state index contributed by atoms with van der Waals surface area (Å²) in [4.78, 5) is 41.9. The molecular formula is C19H21N3O5S2. The first-order chi connectivity index (χ1) is 14.0. The van der Waals surface area contributed by atoms with Crippen molar-refractivity contribution >= 4 is 35.4 Å². The lowest BCUT2D eigenvalue weighted by atomic mass is 10.3. The summed E-state index contributed by atoms with van der Waals surface area (Å²) in [5.74, 6) is 0.604. The van der Waals surface area contributed by atoms with Gasteiger partial charge in [0.25, 0.3) is 5.56 Å². The van der Waals surface area contributed by atoms with Gasteiger partial charge in [-0.2, -0.15) is 0 Å². The molecule has 2 aromatic rings. The van der Waals surface area contributed by atoms with E-state index in [-0.39, 0.29) is 30.4 Å². The summed E-state index contributed by atoms with van der Waals surface area (Å²) < 4.78 is 11.6. The summed E-state index contributed by atoms with van der Waals surface area (Å²) in [6, 6.07) is 7.13. The van der Waals surface area contributed by atoms with Crippen LogP contribution in [0.5, 0.6) is 5.75 Å². The predicted molar refractivity (Wildman–Crippen MR) is 111 cm³/mol. The second kappa shape index (κ2) is 9.84. The van der Waals surface area contributed by atoms with Crippen LogP contribution in [0.2, 0.25) is 0 Å². The SMILES string of the molecule is CCOC(=O)CNC(=O)CSc1nc2c(c(=O)n1-c1cccc(OC)c1)SCC2. The molecule has 29 heavy (non-hydrogen) atoms. The van der Waals surface area contributed by atoms with Gasteiger partial charge in [0.15, 0.2) is 5.16 Å².